The Balaban J connectivity index is 1.09. The van der Waals surface area contributed by atoms with Crippen LogP contribution in [0.4, 0.5) is 24.1 Å². The number of imide groups is 1. The largest absolute Gasteiger partial charge is 0.385 e. The molecular formula is C32H31F2N5O3. The first-order valence-electron chi connectivity index (χ1n) is 14.1. The molecule has 0 bridgehead atoms. The third-order valence-electron chi connectivity index (χ3n) is 8.75. The van der Waals surface area contributed by atoms with E-state index in [0.29, 0.717) is 36.3 Å². The number of aliphatic hydroxyl groups is 1. The van der Waals surface area contributed by atoms with Crippen LogP contribution in [0.2, 0.25) is 0 Å². The van der Waals surface area contributed by atoms with Gasteiger partial charge in [0.25, 0.3) is 0 Å². The molecule has 0 spiro atoms. The molecule has 3 aromatic rings. The van der Waals surface area contributed by atoms with Crippen LogP contribution in [0.1, 0.15) is 59.9 Å². The fourth-order valence-electron chi connectivity index (χ4n) is 6.61. The standard InChI is InChI=1S/C32H31F2N5O3/c33-26-14-11-21(15-27(26)34)29-25-7-3-4-8-28(25)37-31(41)39(29)30(40)36-17-32(42)18-38(19-32)23-12-9-20(10-13-23)24-6-2-1-5-22(24)16-35/h1-8,11,14-15,20,23,29,42H,9-10,12-13,17-19H2,(H,36,40)(H,37,41). The number of nitrogens with one attached hydrogen (secondary N) is 2. The summed E-state index contributed by atoms with van der Waals surface area (Å²) in [7, 11) is 0. The molecule has 1 atom stereocenters. The van der Waals surface area contributed by atoms with Crippen molar-refractivity contribution >= 4 is 17.7 Å². The highest BCUT2D eigenvalue weighted by Crippen LogP contribution is 2.40. The van der Waals surface area contributed by atoms with E-state index in [9.17, 15) is 28.7 Å². The number of carbonyl (C=O) groups excluding carboxylic acids is 2. The first-order chi connectivity index (χ1) is 20.3. The number of benzene rings is 3. The molecule has 1 unspecified atom stereocenters. The minimum Gasteiger partial charge on any atom is -0.385 e. The molecule has 1 aliphatic carbocycles. The van der Waals surface area contributed by atoms with Gasteiger partial charge in [0.2, 0.25) is 0 Å². The second-order valence-corrected chi connectivity index (χ2v) is 11.5. The van der Waals surface area contributed by atoms with Crippen molar-refractivity contribution in [3.05, 3.63) is 101 Å². The smallest absolute Gasteiger partial charge is 0.330 e. The third kappa shape index (κ3) is 5.22. The first kappa shape index (κ1) is 27.8. The zero-order valence-corrected chi connectivity index (χ0v) is 22.9. The third-order valence-corrected chi connectivity index (χ3v) is 8.75. The summed E-state index contributed by atoms with van der Waals surface area (Å²) in [6.07, 6.45) is 3.84. The maximum absolute atomic E-state index is 14.2. The molecule has 0 radical (unpaired) electrons. The molecule has 0 aromatic heterocycles. The summed E-state index contributed by atoms with van der Waals surface area (Å²) >= 11 is 0. The molecule has 6 rings (SSSR count). The predicted octanol–water partition coefficient (Wildman–Crippen LogP) is 5.26. The maximum Gasteiger partial charge on any atom is 0.330 e. The van der Waals surface area contributed by atoms with E-state index in [1.807, 2.05) is 24.3 Å². The highest BCUT2D eigenvalue weighted by Gasteiger charge is 2.46. The van der Waals surface area contributed by atoms with E-state index in [2.05, 4.69) is 21.6 Å². The van der Waals surface area contributed by atoms with Gasteiger partial charge in [0.1, 0.15) is 5.60 Å². The lowest BCUT2D eigenvalue weighted by Gasteiger charge is -2.51. The number of hydrogen-bond donors (Lipinski definition) is 3. The van der Waals surface area contributed by atoms with Gasteiger partial charge < -0.3 is 15.7 Å². The molecule has 1 saturated carbocycles. The lowest BCUT2D eigenvalue weighted by molar-refractivity contribution is -0.116. The van der Waals surface area contributed by atoms with E-state index < -0.39 is 35.3 Å². The Bertz CT molecular complexity index is 1560. The quantitative estimate of drug-likeness (QED) is 0.387. The van der Waals surface area contributed by atoms with E-state index >= 15 is 0 Å². The van der Waals surface area contributed by atoms with Crippen LogP contribution >= 0.6 is 0 Å². The summed E-state index contributed by atoms with van der Waals surface area (Å²) < 4.78 is 27.9. The Morgan fingerprint density at radius 3 is 2.40 bits per heavy atom. The Hall–Kier alpha value is -4.33. The molecule has 2 heterocycles. The number of hydrogen-bond acceptors (Lipinski definition) is 5. The Morgan fingerprint density at radius 1 is 1.00 bits per heavy atom. The summed E-state index contributed by atoms with van der Waals surface area (Å²) in [4.78, 5) is 29.6. The minimum atomic E-state index is -1.15. The zero-order valence-electron chi connectivity index (χ0n) is 22.9. The van der Waals surface area contributed by atoms with Crippen LogP contribution in [0, 0.1) is 23.0 Å². The van der Waals surface area contributed by atoms with Crippen LogP contribution in [0.15, 0.2) is 66.7 Å². The van der Waals surface area contributed by atoms with Gasteiger partial charge in [-0.2, -0.15) is 5.26 Å². The molecule has 1 saturated heterocycles. The summed E-state index contributed by atoms with van der Waals surface area (Å²) in [5.41, 5.74) is 1.95. The number of urea groups is 2. The van der Waals surface area contributed by atoms with Crippen LogP contribution in [-0.4, -0.2) is 58.2 Å². The second-order valence-electron chi connectivity index (χ2n) is 11.5. The number of likely N-dealkylation sites (tertiary alicyclic amines) is 1. The van der Waals surface area contributed by atoms with Crippen molar-refractivity contribution in [1.82, 2.24) is 15.1 Å². The average molecular weight is 572 g/mol. The summed E-state index contributed by atoms with van der Waals surface area (Å²) in [6.45, 7) is 0.710. The van der Waals surface area contributed by atoms with Gasteiger partial charge in [-0.25, -0.2) is 23.3 Å². The average Bonchev–Trinajstić information content (AvgIpc) is 2.99. The summed E-state index contributed by atoms with van der Waals surface area (Å²) in [6, 6.07) is 18.1. The van der Waals surface area contributed by atoms with E-state index in [1.165, 1.54) is 6.07 Å². The van der Waals surface area contributed by atoms with Crippen LogP contribution < -0.4 is 10.6 Å². The molecule has 216 valence electrons. The number of nitriles is 1. The van der Waals surface area contributed by atoms with Crippen LogP contribution in [0.25, 0.3) is 0 Å². The van der Waals surface area contributed by atoms with Crippen LogP contribution in [0.3, 0.4) is 0 Å². The van der Waals surface area contributed by atoms with Gasteiger partial charge in [0.15, 0.2) is 11.6 Å². The number of para-hydroxylation sites is 1. The molecule has 10 heteroatoms. The van der Waals surface area contributed by atoms with Crippen molar-refractivity contribution in [3.8, 4) is 6.07 Å². The second kappa shape index (κ2) is 11.2. The van der Waals surface area contributed by atoms with Gasteiger partial charge in [0, 0.05) is 30.4 Å². The van der Waals surface area contributed by atoms with Crippen LogP contribution in [0.5, 0.6) is 0 Å². The molecule has 3 aromatic carbocycles. The fourth-order valence-corrected chi connectivity index (χ4v) is 6.61. The van der Waals surface area contributed by atoms with E-state index in [4.69, 9.17) is 0 Å². The van der Waals surface area contributed by atoms with Crippen molar-refractivity contribution in [3.63, 3.8) is 0 Å². The van der Waals surface area contributed by atoms with Crippen LogP contribution in [-0.2, 0) is 0 Å². The monoisotopic (exact) mass is 571 g/mol. The van der Waals surface area contributed by atoms with Gasteiger partial charge in [0.05, 0.1) is 24.2 Å². The van der Waals surface area contributed by atoms with Gasteiger partial charge in [-0.1, -0.05) is 42.5 Å². The predicted molar refractivity (Wildman–Crippen MR) is 152 cm³/mol. The summed E-state index contributed by atoms with van der Waals surface area (Å²) in [5, 5.41) is 26.0. The lowest BCUT2D eigenvalue weighted by atomic mass is 9.78. The Labute approximate surface area is 242 Å². The topological polar surface area (TPSA) is 109 Å². The van der Waals surface area contributed by atoms with Gasteiger partial charge in [-0.3, -0.25) is 4.90 Å². The SMILES string of the molecule is N#Cc1ccccc1C1CCC(N2CC(O)(CNC(=O)N3C(=O)Nc4ccccc4C3c3ccc(F)c(F)c3)C2)CC1. The van der Waals surface area contributed by atoms with Crippen molar-refractivity contribution in [2.24, 2.45) is 0 Å². The minimum absolute atomic E-state index is 0.0663. The highest BCUT2D eigenvalue weighted by molar-refractivity contribution is 6.04. The molecule has 2 fully saturated rings. The normalized spacial score (nSPS) is 23.2. The number of amides is 4. The van der Waals surface area contributed by atoms with E-state index in [-0.39, 0.29) is 12.1 Å². The van der Waals surface area contributed by atoms with Crippen molar-refractivity contribution in [2.45, 2.75) is 49.3 Å². The fraction of sp³-hybridized carbons (Fsp3) is 0.344. The number of nitrogens with zero attached hydrogens (tertiary/aromatic N) is 3. The number of fused-ring (bicyclic) bond motifs is 1. The van der Waals surface area contributed by atoms with Crippen molar-refractivity contribution in [1.29, 1.82) is 5.26 Å². The van der Waals surface area contributed by atoms with E-state index in [0.717, 1.165) is 53.8 Å². The zero-order chi connectivity index (χ0) is 29.4. The highest BCUT2D eigenvalue weighted by atomic mass is 19.2. The Morgan fingerprint density at radius 2 is 1.69 bits per heavy atom. The number of anilines is 1. The van der Waals surface area contributed by atoms with Crippen molar-refractivity contribution < 1.29 is 23.5 Å². The van der Waals surface area contributed by atoms with Gasteiger partial charge in [-0.05, 0) is 67.0 Å². The molecule has 42 heavy (non-hydrogen) atoms. The van der Waals surface area contributed by atoms with Crippen molar-refractivity contribution in [2.75, 3.05) is 25.0 Å². The number of halogens is 2. The van der Waals surface area contributed by atoms with Gasteiger partial charge >= 0.3 is 12.1 Å². The lowest BCUT2D eigenvalue weighted by Crippen LogP contribution is -2.69. The summed E-state index contributed by atoms with van der Waals surface area (Å²) in [5.74, 6) is -1.76. The first-order valence-corrected chi connectivity index (χ1v) is 14.1. The molecule has 4 amide bonds. The number of rotatable bonds is 5. The Kier molecular flexibility index (Phi) is 7.39. The molecule has 8 nitrogen and oxygen atoms in total. The number of β-amino-alcohol motifs (C(OH)–C–C–N with tert-alkyl or cyclic N) is 1. The van der Waals surface area contributed by atoms with Gasteiger partial charge in [-0.15, -0.1) is 0 Å². The number of carbonyl (C=O) groups is 2. The molecule has 3 N–H and O–H groups in total. The van der Waals surface area contributed by atoms with E-state index in [1.54, 1.807) is 24.3 Å². The molecule has 2 aliphatic heterocycles. The molecule has 3 aliphatic rings. The molecular weight excluding hydrogens is 540 g/mol. The maximum atomic E-state index is 14.2.